The Morgan fingerprint density at radius 3 is 2.38 bits per heavy atom. The Kier molecular flexibility index (Phi) is 5.42. The van der Waals surface area contributed by atoms with Gasteiger partial charge in [-0.3, -0.25) is 14.9 Å². The molecule has 2 heterocycles. The maximum Gasteiger partial charge on any atom is 0.335 e. The summed E-state index contributed by atoms with van der Waals surface area (Å²) in [5.74, 6) is -1.35. The lowest BCUT2D eigenvalue weighted by atomic mass is 10.0. The van der Waals surface area contributed by atoms with Crippen molar-refractivity contribution in [2.24, 2.45) is 0 Å². The van der Waals surface area contributed by atoms with Crippen LogP contribution in [0.2, 0.25) is 0 Å². The van der Waals surface area contributed by atoms with Crippen molar-refractivity contribution in [3.8, 4) is 0 Å². The van der Waals surface area contributed by atoms with Gasteiger partial charge in [-0.2, -0.15) is 0 Å². The van der Waals surface area contributed by atoms with Crippen molar-refractivity contribution in [1.29, 1.82) is 0 Å². The SMILES string of the molecule is Cc1cccc(N2C(=O)NC(=O)/C(=C\c3cn(Cc4cccc5ccccc45)c4ccccc34)C2=O)c1. The highest BCUT2D eigenvalue weighted by Crippen LogP contribution is 2.28. The molecule has 0 unspecified atom stereocenters. The molecule has 5 aromatic rings. The molecule has 1 fully saturated rings. The quantitative estimate of drug-likeness (QED) is 0.258. The molecule has 1 saturated heterocycles. The van der Waals surface area contributed by atoms with E-state index in [1.165, 1.54) is 16.3 Å². The van der Waals surface area contributed by atoms with Crippen LogP contribution in [0, 0.1) is 6.92 Å². The summed E-state index contributed by atoms with van der Waals surface area (Å²) >= 11 is 0. The summed E-state index contributed by atoms with van der Waals surface area (Å²) in [5.41, 5.74) is 4.11. The Morgan fingerprint density at radius 1 is 0.811 bits per heavy atom. The van der Waals surface area contributed by atoms with Gasteiger partial charge in [-0.05, 0) is 53.1 Å². The zero-order valence-electron chi connectivity index (χ0n) is 20.1. The average Bonchev–Trinajstić information content (AvgIpc) is 3.24. The molecule has 180 valence electrons. The van der Waals surface area contributed by atoms with Crippen LogP contribution in [0.1, 0.15) is 16.7 Å². The molecule has 0 spiro atoms. The van der Waals surface area contributed by atoms with E-state index in [2.05, 4.69) is 34.1 Å². The lowest BCUT2D eigenvalue weighted by Crippen LogP contribution is -2.54. The van der Waals surface area contributed by atoms with E-state index in [4.69, 9.17) is 0 Å². The molecule has 37 heavy (non-hydrogen) atoms. The second-order valence-electron chi connectivity index (χ2n) is 9.16. The van der Waals surface area contributed by atoms with Crippen molar-refractivity contribution < 1.29 is 14.4 Å². The van der Waals surface area contributed by atoms with Gasteiger partial charge in [-0.1, -0.05) is 72.8 Å². The number of barbiturate groups is 1. The van der Waals surface area contributed by atoms with Gasteiger partial charge in [-0.25, -0.2) is 9.69 Å². The van der Waals surface area contributed by atoms with E-state index in [9.17, 15) is 14.4 Å². The molecule has 0 atom stereocenters. The first-order valence-corrected chi connectivity index (χ1v) is 12.0. The summed E-state index contributed by atoms with van der Waals surface area (Å²) in [4.78, 5) is 39.8. The molecule has 0 bridgehead atoms. The number of rotatable bonds is 4. The van der Waals surface area contributed by atoms with Gasteiger partial charge in [0, 0.05) is 29.2 Å². The standard InChI is InChI=1S/C31H23N3O3/c1-20-8-6-12-24(16-20)34-30(36)27(29(35)32-31(34)37)17-23-19-33(28-15-5-4-14-26(23)28)18-22-11-7-10-21-9-2-3-13-25(21)22/h2-17,19H,18H2,1H3,(H,32,35,37)/b27-17+. The van der Waals surface area contributed by atoms with Crippen molar-refractivity contribution in [3.05, 3.63) is 119 Å². The number of hydrogen-bond acceptors (Lipinski definition) is 3. The number of carbonyl (C=O) groups excluding carboxylic acids is 3. The zero-order chi connectivity index (χ0) is 25.5. The highest BCUT2D eigenvalue weighted by Gasteiger charge is 2.37. The Balaban J connectivity index is 1.43. The van der Waals surface area contributed by atoms with Crippen LogP contribution in [-0.2, 0) is 16.1 Å². The monoisotopic (exact) mass is 485 g/mol. The Labute approximate surface area is 213 Å². The van der Waals surface area contributed by atoms with E-state index in [1.807, 2.05) is 61.7 Å². The number of fused-ring (bicyclic) bond motifs is 2. The third-order valence-corrected chi connectivity index (χ3v) is 6.70. The van der Waals surface area contributed by atoms with Crippen molar-refractivity contribution >= 4 is 51.3 Å². The molecule has 4 amide bonds. The van der Waals surface area contributed by atoms with Gasteiger partial charge in [0.25, 0.3) is 11.8 Å². The molecule has 6 nitrogen and oxygen atoms in total. The maximum absolute atomic E-state index is 13.4. The highest BCUT2D eigenvalue weighted by molar-refractivity contribution is 6.39. The molecule has 6 heteroatoms. The number of anilines is 1. The van der Waals surface area contributed by atoms with Crippen LogP contribution in [0.15, 0.2) is 103 Å². The van der Waals surface area contributed by atoms with Crippen LogP contribution in [0.4, 0.5) is 10.5 Å². The van der Waals surface area contributed by atoms with Gasteiger partial charge in [0.15, 0.2) is 0 Å². The molecule has 6 rings (SSSR count). The van der Waals surface area contributed by atoms with Gasteiger partial charge in [-0.15, -0.1) is 0 Å². The van der Waals surface area contributed by atoms with Crippen LogP contribution >= 0.6 is 0 Å². The number of amides is 4. The van der Waals surface area contributed by atoms with Crippen LogP contribution in [0.5, 0.6) is 0 Å². The molecule has 1 aliphatic heterocycles. The number of urea groups is 1. The van der Waals surface area contributed by atoms with Gasteiger partial charge >= 0.3 is 6.03 Å². The van der Waals surface area contributed by atoms with Crippen molar-refractivity contribution in [2.75, 3.05) is 4.90 Å². The lowest BCUT2D eigenvalue weighted by Gasteiger charge is -2.26. The second kappa shape index (κ2) is 8.91. The first-order chi connectivity index (χ1) is 18.0. The Hall–Kier alpha value is -4.97. The summed E-state index contributed by atoms with van der Waals surface area (Å²) in [6, 6.07) is 28.7. The summed E-state index contributed by atoms with van der Waals surface area (Å²) in [6.45, 7) is 2.50. The van der Waals surface area contributed by atoms with E-state index in [0.717, 1.165) is 26.9 Å². The molecule has 1 aliphatic rings. The average molecular weight is 486 g/mol. The minimum Gasteiger partial charge on any atom is -0.342 e. The van der Waals surface area contributed by atoms with Gasteiger partial charge in [0.05, 0.1) is 5.69 Å². The number of nitrogens with one attached hydrogen (secondary N) is 1. The highest BCUT2D eigenvalue weighted by atomic mass is 16.2. The molecule has 1 aromatic heterocycles. The van der Waals surface area contributed by atoms with E-state index in [1.54, 1.807) is 24.3 Å². The number of nitrogens with zero attached hydrogens (tertiary/aromatic N) is 2. The van der Waals surface area contributed by atoms with Gasteiger partial charge in [0.1, 0.15) is 5.57 Å². The number of aromatic nitrogens is 1. The zero-order valence-corrected chi connectivity index (χ0v) is 20.1. The first-order valence-electron chi connectivity index (χ1n) is 12.0. The molecule has 0 radical (unpaired) electrons. The van der Waals surface area contributed by atoms with Crippen molar-refractivity contribution in [2.45, 2.75) is 13.5 Å². The molecule has 1 N–H and O–H groups in total. The number of hydrogen-bond donors (Lipinski definition) is 1. The van der Waals surface area contributed by atoms with Gasteiger partial charge in [0.2, 0.25) is 0 Å². The first kappa shape index (κ1) is 22.5. The van der Waals surface area contributed by atoms with Crippen LogP contribution in [-0.4, -0.2) is 22.4 Å². The maximum atomic E-state index is 13.4. The molecule has 0 saturated carbocycles. The third kappa shape index (κ3) is 3.98. The fourth-order valence-electron chi connectivity index (χ4n) is 4.95. The minimum absolute atomic E-state index is 0.0887. The molecular weight excluding hydrogens is 462 g/mol. The number of imide groups is 2. The minimum atomic E-state index is -0.754. The number of benzene rings is 4. The fraction of sp³-hybridized carbons (Fsp3) is 0.0645. The smallest absolute Gasteiger partial charge is 0.335 e. The van der Waals surface area contributed by atoms with Crippen LogP contribution in [0.25, 0.3) is 27.8 Å². The summed E-state index contributed by atoms with van der Waals surface area (Å²) in [5, 5.41) is 5.58. The number of carbonyl (C=O) groups is 3. The lowest BCUT2D eigenvalue weighted by molar-refractivity contribution is -0.122. The van der Waals surface area contributed by atoms with Crippen molar-refractivity contribution in [1.82, 2.24) is 9.88 Å². The van der Waals surface area contributed by atoms with Crippen LogP contribution < -0.4 is 10.2 Å². The normalized spacial score (nSPS) is 15.1. The fourth-order valence-corrected chi connectivity index (χ4v) is 4.95. The molecule has 4 aromatic carbocycles. The predicted molar refractivity (Wildman–Crippen MR) is 145 cm³/mol. The van der Waals surface area contributed by atoms with E-state index < -0.39 is 17.8 Å². The topological polar surface area (TPSA) is 71.4 Å². The second-order valence-corrected chi connectivity index (χ2v) is 9.16. The Morgan fingerprint density at radius 2 is 1.54 bits per heavy atom. The van der Waals surface area contributed by atoms with Gasteiger partial charge < -0.3 is 4.57 Å². The van der Waals surface area contributed by atoms with E-state index >= 15 is 0 Å². The summed E-state index contributed by atoms with van der Waals surface area (Å²) < 4.78 is 2.12. The third-order valence-electron chi connectivity index (χ3n) is 6.70. The van der Waals surface area contributed by atoms with Crippen LogP contribution in [0.3, 0.4) is 0 Å². The summed E-state index contributed by atoms with van der Waals surface area (Å²) in [7, 11) is 0. The largest absolute Gasteiger partial charge is 0.342 e. The van der Waals surface area contributed by atoms with E-state index in [0.29, 0.717) is 12.2 Å². The predicted octanol–water partition coefficient (Wildman–Crippen LogP) is 5.82. The molecule has 0 aliphatic carbocycles. The Bertz CT molecular complexity index is 1760. The number of aryl methyl sites for hydroxylation is 1. The molecular formula is C31H23N3O3. The summed E-state index contributed by atoms with van der Waals surface area (Å²) in [6.07, 6.45) is 3.53. The van der Waals surface area contributed by atoms with E-state index in [-0.39, 0.29) is 5.57 Å². The van der Waals surface area contributed by atoms with Crippen molar-refractivity contribution in [3.63, 3.8) is 0 Å². The number of para-hydroxylation sites is 1.